The summed E-state index contributed by atoms with van der Waals surface area (Å²) in [5.74, 6) is 0. The van der Waals surface area contributed by atoms with Gasteiger partial charge in [-0.3, -0.25) is 4.79 Å². The van der Waals surface area contributed by atoms with Crippen molar-refractivity contribution in [1.82, 2.24) is 15.1 Å². The summed E-state index contributed by atoms with van der Waals surface area (Å²) in [7, 11) is 0. The number of aromatic nitrogens is 2. The van der Waals surface area contributed by atoms with Crippen LogP contribution in [0.3, 0.4) is 0 Å². The Morgan fingerprint density at radius 3 is 2.81 bits per heavy atom. The minimum absolute atomic E-state index is 0.0218. The molecule has 0 spiro atoms. The largest absolute Gasteiger partial charge is 0.370 e. The van der Waals surface area contributed by atoms with Crippen molar-refractivity contribution in [3.63, 3.8) is 0 Å². The molecular weight excluding hydrogens is 264 g/mol. The van der Waals surface area contributed by atoms with Gasteiger partial charge in [0.15, 0.2) is 0 Å². The molecule has 0 bridgehead atoms. The number of hydrogen-bond acceptors (Lipinski definition) is 4. The summed E-state index contributed by atoms with van der Waals surface area (Å²) in [5, 5.41) is 7.79. The zero-order valence-corrected chi connectivity index (χ0v) is 13.3. The standard InChI is InChI=1S/C16H28N4O/c1-3-8-17-14(2)7-6-11-20-16(21)12-15(13-18-20)19-9-4-5-10-19/h12-14,17H,3-11H2,1-2H3. The van der Waals surface area contributed by atoms with E-state index >= 15 is 0 Å². The van der Waals surface area contributed by atoms with E-state index in [0.29, 0.717) is 12.6 Å². The predicted molar refractivity (Wildman–Crippen MR) is 86.9 cm³/mol. The summed E-state index contributed by atoms with van der Waals surface area (Å²) in [6.07, 6.45) is 7.47. The van der Waals surface area contributed by atoms with Crippen LogP contribution in [0.5, 0.6) is 0 Å². The maximum atomic E-state index is 12.1. The van der Waals surface area contributed by atoms with Crippen LogP contribution in [0, 0.1) is 0 Å². The van der Waals surface area contributed by atoms with Gasteiger partial charge in [0, 0.05) is 31.7 Å². The molecule has 1 fully saturated rings. The van der Waals surface area contributed by atoms with E-state index in [4.69, 9.17) is 0 Å². The second-order valence-electron chi connectivity index (χ2n) is 5.97. The Balaban J connectivity index is 1.82. The molecule has 1 unspecified atom stereocenters. The van der Waals surface area contributed by atoms with Crippen molar-refractivity contribution in [2.45, 2.75) is 58.5 Å². The van der Waals surface area contributed by atoms with Crippen LogP contribution in [0.25, 0.3) is 0 Å². The molecule has 21 heavy (non-hydrogen) atoms. The first kappa shape index (κ1) is 16.0. The summed E-state index contributed by atoms with van der Waals surface area (Å²) >= 11 is 0. The lowest BCUT2D eigenvalue weighted by Gasteiger charge is -2.17. The number of hydrogen-bond donors (Lipinski definition) is 1. The molecule has 1 saturated heterocycles. The number of nitrogens with one attached hydrogen (secondary N) is 1. The van der Waals surface area contributed by atoms with Crippen molar-refractivity contribution in [1.29, 1.82) is 0 Å². The van der Waals surface area contributed by atoms with E-state index in [1.807, 2.05) is 6.20 Å². The minimum atomic E-state index is 0.0218. The van der Waals surface area contributed by atoms with Crippen molar-refractivity contribution < 1.29 is 0 Å². The van der Waals surface area contributed by atoms with E-state index in [1.165, 1.54) is 12.8 Å². The molecular formula is C16H28N4O. The van der Waals surface area contributed by atoms with Gasteiger partial charge in [0.2, 0.25) is 0 Å². The fraction of sp³-hybridized carbons (Fsp3) is 0.750. The quantitative estimate of drug-likeness (QED) is 0.796. The van der Waals surface area contributed by atoms with Crippen molar-refractivity contribution in [3.8, 4) is 0 Å². The molecule has 1 N–H and O–H groups in total. The van der Waals surface area contributed by atoms with E-state index in [0.717, 1.165) is 44.6 Å². The van der Waals surface area contributed by atoms with Gasteiger partial charge in [0.1, 0.15) is 0 Å². The lowest BCUT2D eigenvalue weighted by Crippen LogP contribution is -2.29. The highest BCUT2D eigenvalue weighted by Crippen LogP contribution is 2.16. The van der Waals surface area contributed by atoms with Gasteiger partial charge in [0.05, 0.1) is 11.9 Å². The molecule has 1 aromatic rings. The molecule has 5 nitrogen and oxygen atoms in total. The first-order valence-corrected chi connectivity index (χ1v) is 8.26. The van der Waals surface area contributed by atoms with Gasteiger partial charge in [-0.2, -0.15) is 5.10 Å². The highest BCUT2D eigenvalue weighted by molar-refractivity contribution is 5.43. The number of rotatable bonds is 8. The molecule has 0 amide bonds. The Hall–Kier alpha value is -1.36. The van der Waals surface area contributed by atoms with Gasteiger partial charge in [-0.15, -0.1) is 0 Å². The molecule has 0 saturated carbocycles. The molecule has 2 heterocycles. The zero-order valence-electron chi connectivity index (χ0n) is 13.3. The third-order valence-electron chi connectivity index (χ3n) is 4.08. The molecule has 1 aliphatic rings. The summed E-state index contributed by atoms with van der Waals surface area (Å²) in [5.41, 5.74) is 1.00. The van der Waals surface area contributed by atoms with Crippen LogP contribution in [0.15, 0.2) is 17.1 Å². The second kappa shape index (κ2) is 8.17. The molecule has 0 aromatic carbocycles. The van der Waals surface area contributed by atoms with Crippen LogP contribution in [0.2, 0.25) is 0 Å². The maximum absolute atomic E-state index is 12.1. The molecule has 118 valence electrons. The molecule has 1 atom stereocenters. The lowest BCUT2D eigenvalue weighted by atomic mass is 10.2. The van der Waals surface area contributed by atoms with Crippen molar-refractivity contribution in [2.24, 2.45) is 0 Å². The van der Waals surface area contributed by atoms with Crippen molar-refractivity contribution in [2.75, 3.05) is 24.5 Å². The monoisotopic (exact) mass is 292 g/mol. The van der Waals surface area contributed by atoms with Crippen LogP contribution in [0.4, 0.5) is 5.69 Å². The average molecular weight is 292 g/mol. The molecule has 0 aliphatic carbocycles. The van der Waals surface area contributed by atoms with Crippen LogP contribution in [-0.4, -0.2) is 35.5 Å². The van der Waals surface area contributed by atoms with E-state index in [9.17, 15) is 4.79 Å². The molecule has 1 aromatic heterocycles. The SMILES string of the molecule is CCCNC(C)CCCn1ncc(N2CCCC2)cc1=O. The van der Waals surface area contributed by atoms with Crippen LogP contribution in [0.1, 0.15) is 46.0 Å². The first-order valence-electron chi connectivity index (χ1n) is 8.26. The predicted octanol–water partition coefficient (Wildman–Crippen LogP) is 2.01. The van der Waals surface area contributed by atoms with Crippen LogP contribution >= 0.6 is 0 Å². The van der Waals surface area contributed by atoms with E-state index < -0.39 is 0 Å². The summed E-state index contributed by atoms with van der Waals surface area (Å²) in [6.45, 7) is 8.23. The van der Waals surface area contributed by atoms with Gasteiger partial charge < -0.3 is 10.2 Å². The van der Waals surface area contributed by atoms with E-state index in [2.05, 4.69) is 29.2 Å². The van der Waals surface area contributed by atoms with Crippen molar-refractivity contribution in [3.05, 3.63) is 22.6 Å². The van der Waals surface area contributed by atoms with Gasteiger partial charge in [0.25, 0.3) is 5.56 Å². The molecule has 2 rings (SSSR count). The smallest absolute Gasteiger partial charge is 0.268 e. The Kier molecular flexibility index (Phi) is 6.23. The summed E-state index contributed by atoms with van der Waals surface area (Å²) in [4.78, 5) is 14.3. The number of aryl methyl sites for hydroxylation is 1. The zero-order chi connectivity index (χ0) is 15.1. The average Bonchev–Trinajstić information content (AvgIpc) is 3.01. The van der Waals surface area contributed by atoms with Gasteiger partial charge in [-0.05, 0) is 45.6 Å². The van der Waals surface area contributed by atoms with E-state index in [-0.39, 0.29) is 5.56 Å². The highest BCUT2D eigenvalue weighted by Gasteiger charge is 2.13. The Morgan fingerprint density at radius 2 is 2.14 bits per heavy atom. The maximum Gasteiger partial charge on any atom is 0.268 e. The minimum Gasteiger partial charge on any atom is -0.370 e. The molecule has 5 heteroatoms. The van der Waals surface area contributed by atoms with Gasteiger partial charge in [-0.25, -0.2) is 4.68 Å². The summed E-state index contributed by atoms with van der Waals surface area (Å²) < 4.78 is 1.59. The first-order chi connectivity index (χ1) is 10.2. The second-order valence-corrected chi connectivity index (χ2v) is 5.97. The van der Waals surface area contributed by atoms with E-state index in [1.54, 1.807) is 10.7 Å². The van der Waals surface area contributed by atoms with Crippen LogP contribution < -0.4 is 15.8 Å². The fourth-order valence-corrected chi connectivity index (χ4v) is 2.78. The molecule has 1 aliphatic heterocycles. The Morgan fingerprint density at radius 1 is 1.38 bits per heavy atom. The van der Waals surface area contributed by atoms with Gasteiger partial charge in [-0.1, -0.05) is 6.92 Å². The Bertz CT molecular complexity index is 479. The lowest BCUT2D eigenvalue weighted by molar-refractivity contribution is 0.455. The Labute approximate surface area is 127 Å². The normalized spacial score (nSPS) is 16.4. The fourth-order valence-electron chi connectivity index (χ4n) is 2.78. The number of anilines is 1. The highest BCUT2D eigenvalue weighted by atomic mass is 16.1. The summed E-state index contributed by atoms with van der Waals surface area (Å²) in [6, 6.07) is 2.24. The number of nitrogens with zero attached hydrogens (tertiary/aromatic N) is 3. The third kappa shape index (κ3) is 4.84. The van der Waals surface area contributed by atoms with Crippen molar-refractivity contribution >= 4 is 5.69 Å². The van der Waals surface area contributed by atoms with Crippen LogP contribution in [-0.2, 0) is 6.54 Å². The third-order valence-corrected chi connectivity index (χ3v) is 4.08. The molecule has 0 radical (unpaired) electrons. The topological polar surface area (TPSA) is 50.2 Å². The van der Waals surface area contributed by atoms with Gasteiger partial charge >= 0.3 is 0 Å².